The van der Waals surface area contributed by atoms with Gasteiger partial charge in [0.1, 0.15) is 5.76 Å². The highest BCUT2D eigenvalue weighted by Gasteiger charge is 2.30. The molecule has 3 heterocycles. The Hall–Kier alpha value is -2.42. The summed E-state index contributed by atoms with van der Waals surface area (Å²) in [5.74, 6) is 0.184. The lowest BCUT2D eigenvalue weighted by Gasteiger charge is -2.11. The van der Waals surface area contributed by atoms with Gasteiger partial charge >= 0.3 is 6.18 Å². The third-order valence-electron chi connectivity index (χ3n) is 3.62. The van der Waals surface area contributed by atoms with Crippen molar-refractivity contribution in [1.29, 1.82) is 0 Å². The molecule has 6 nitrogen and oxygen atoms in total. The van der Waals surface area contributed by atoms with E-state index in [1.54, 1.807) is 0 Å². The number of nitrogens with one attached hydrogen (secondary N) is 1. The molecule has 2 aromatic rings. The quantitative estimate of drug-likeness (QED) is 0.922. The maximum atomic E-state index is 12.6. The summed E-state index contributed by atoms with van der Waals surface area (Å²) in [7, 11) is 0. The molecule has 0 atom stereocenters. The summed E-state index contributed by atoms with van der Waals surface area (Å²) in [6.07, 6.45) is -2.58. The first kappa shape index (κ1) is 16.4. The first-order valence-electron chi connectivity index (χ1n) is 7.30. The van der Waals surface area contributed by atoms with Gasteiger partial charge in [0.05, 0.1) is 24.3 Å². The summed E-state index contributed by atoms with van der Waals surface area (Å²) in [5, 5.41) is 6.34. The Labute approximate surface area is 135 Å². The maximum Gasteiger partial charge on any atom is 0.416 e. The third-order valence-corrected chi connectivity index (χ3v) is 3.62. The summed E-state index contributed by atoms with van der Waals surface area (Å²) in [4.78, 5) is 16.0. The molecule has 1 aliphatic rings. The van der Waals surface area contributed by atoms with Crippen molar-refractivity contribution < 1.29 is 27.2 Å². The van der Waals surface area contributed by atoms with Crippen LogP contribution < -0.4 is 5.32 Å². The van der Waals surface area contributed by atoms with Crippen molar-refractivity contribution >= 4 is 5.91 Å². The fraction of sp³-hybridized carbons (Fsp3) is 0.400. The van der Waals surface area contributed by atoms with Crippen molar-refractivity contribution in [2.24, 2.45) is 0 Å². The minimum absolute atomic E-state index is 0.135. The highest BCUT2D eigenvalue weighted by Crippen LogP contribution is 2.29. The molecule has 2 aromatic heterocycles. The Bertz CT molecular complexity index is 743. The molecule has 0 radical (unpaired) electrons. The van der Waals surface area contributed by atoms with Crippen molar-refractivity contribution in [3.05, 3.63) is 46.6 Å². The van der Waals surface area contributed by atoms with Gasteiger partial charge in [0.2, 0.25) is 0 Å². The van der Waals surface area contributed by atoms with E-state index in [1.165, 1.54) is 0 Å². The van der Waals surface area contributed by atoms with Crippen molar-refractivity contribution in [2.45, 2.75) is 25.6 Å². The monoisotopic (exact) mass is 341 g/mol. The molecule has 1 aliphatic heterocycles. The Kier molecular flexibility index (Phi) is 4.52. The highest BCUT2D eigenvalue weighted by atomic mass is 19.4. The number of hydrogen-bond acceptors (Lipinski definition) is 5. The van der Waals surface area contributed by atoms with Gasteiger partial charge < -0.3 is 14.6 Å². The Balaban J connectivity index is 1.59. The smallest absolute Gasteiger partial charge is 0.376 e. The zero-order chi connectivity index (χ0) is 17.2. The van der Waals surface area contributed by atoms with Crippen LogP contribution >= 0.6 is 0 Å². The molecule has 3 rings (SSSR count). The number of carbonyl (C=O) groups is 1. The minimum atomic E-state index is -4.42. The number of alkyl halides is 3. The zero-order valence-corrected chi connectivity index (χ0v) is 12.5. The lowest BCUT2D eigenvalue weighted by molar-refractivity contribution is -0.137. The van der Waals surface area contributed by atoms with Crippen LogP contribution in [-0.4, -0.2) is 29.2 Å². The van der Waals surface area contributed by atoms with Crippen LogP contribution in [0.2, 0.25) is 0 Å². The van der Waals surface area contributed by atoms with E-state index in [2.05, 4.69) is 15.5 Å². The SMILES string of the molecule is O=C(NCCc1cc(C(F)(F)F)ccn1)c1noc2c1COCC2. The highest BCUT2D eigenvalue weighted by molar-refractivity contribution is 5.93. The lowest BCUT2D eigenvalue weighted by Crippen LogP contribution is -2.27. The van der Waals surface area contributed by atoms with Gasteiger partial charge in [0, 0.05) is 31.3 Å². The topological polar surface area (TPSA) is 77.3 Å². The molecular weight excluding hydrogens is 327 g/mol. The molecule has 1 N–H and O–H groups in total. The molecule has 0 saturated heterocycles. The normalized spacial score (nSPS) is 14.3. The van der Waals surface area contributed by atoms with Gasteiger partial charge in [-0.1, -0.05) is 5.16 Å². The number of nitrogens with zero attached hydrogens (tertiary/aromatic N) is 2. The average Bonchev–Trinajstić information content (AvgIpc) is 2.98. The number of amides is 1. The summed E-state index contributed by atoms with van der Waals surface area (Å²) < 4.78 is 48.3. The number of carbonyl (C=O) groups excluding carboxylic acids is 1. The van der Waals surface area contributed by atoms with E-state index in [9.17, 15) is 18.0 Å². The molecule has 0 saturated carbocycles. The summed E-state index contributed by atoms with van der Waals surface area (Å²) >= 11 is 0. The number of pyridine rings is 1. The van der Waals surface area contributed by atoms with E-state index >= 15 is 0 Å². The summed E-state index contributed by atoms with van der Waals surface area (Å²) in [6, 6.07) is 1.88. The predicted molar refractivity (Wildman–Crippen MR) is 75.1 cm³/mol. The van der Waals surface area contributed by atoms with Crippen LogP contribution in [0.25, 0.3) is 0 Å². The Morgan fingerprint density at radius 1 is 1.38 bits per heavy atom. The molecule has 0 fully saturated rings. The number of hydrogen-bond donors (Lipinski definition) is 1. The molecule has 9 heteroatoms. The van der Waals surface area contributed by atoms with E-state index < -0.39 is 17.6 Å². The van der Waals surface area contributed by atoms with Crippen LogP contribution in [0.3, 0.4) is 0 Å². The van der Waals surface area contributed by atoms with Gasteiger partial charge in [-0.05, 0) is 12.1 Å². The van der Waals surface area contributed by atoms with Crippen LogP contribution in [0.5, 0.6) is 0 Å². The van der Waals surface area contributed by atoms with Gasteiger partial charge in [-0.2, -0.15) is 13.2 Å². The molecule has 0 spiro atoms. The molecule has 0 aliphatic carbocycles. The van der Waals surface area contributed by atoms with Gasteiger partial charge in [-0.25, -0.2) is 0 Å². The number of halogens is 3. The zero-order valence-electron chi connectivity index (χ0n) is 12.5. The van der Waals surface area contributed by atoms with Crippen LogP contribution in [-0.2, 0) is 30.4 Å². The lowest BCUT2D eigenvalue weighted by atomic mass is 10.1. The van der Waals surface area contributed by atoms with E-state index in [1.807, 2.05) is 0 Å². The third kappa shape index (κ3) is 3.56. The van der Waals surface area contributed by atoms with Crippen LogP contribution in [0, 0.1) is 0 Å². The Morgan fingerprint density at radius 3 is 3.00 bits per heavy atom. The largest absolute Gasteiger partial charge is 0.416 e. The van der Waals surface area contributed by atoms with Crippen LogP contribution in [0.1, 0.15) is 33.1 Å². The number of aromatic nitrogens is 2. The molecule has 0 unspecified atom stereocenters. The summed E-state index contributed by atoms with van der Waals surface area (Å²) in [6.45, 7) is 0.914. The maximum absolute atomic E-state index is 12.6. The van der Waals surface area contributed by atoms with Gasteiger partial charge in [0.15, 0.2) is 5.69 Å². The van der Waals surface area contributed by atoms with Crippen LogP contribution in [0.4, 0.5) is 13.2 Å². The van der Waals surface area contributed by atoms with E-state index in [0.717, 1.165) is 18.3 Å². The second-order valence-electron chi connectivity index (χ2n) is 5.28. The molecule has 24 heavy (non-hydrogen) atoms. The van der Waals surface area contributed by atoms with Crippen LogP contribution in [0.15, 0.2) is 22.9 Å². The molecule has 0 bridgehead atoms. The average molecular weight is 341 g/mol. The fourth-order valence-corrected chi connectivity index (χ4v) is 2.39. The van der Waals surface area contributed by atoms with E-state index in [-0.39, 0.29) is 31.0 Å². The second kappa shape index (κ2) is 6.60. The molecule has 0 aromatic carbocycles. The second-order valence-corrected chi connectivity index (χ2v) is 5.28. The summed E-state index contributed by atoms with van der Waals surface area (Å²) in [5.41, 5.74) is 0.259. The van der Waals surface area contributed by atoms with E-state index in [0.29, 0.717) is 24.4 Å². The first-order valence-corrected chi connectivity index (χ1v) is 7.30. The fourth-order valence-electron chi connectivity index (χ4n) is 2.39. The predicted octanol–water partition coefficient (Wildman–Crippen LogP) is 2.13. The molecule has 128 valence electrons. The van der Waals surface area contributed by atoms with Crippen molar-refractivity contribution in [3.8, 4) is 0 Å². The van der Waals surface area contributed by atoms with Crippen molar-refractivity contribution in [2.75, 3.05) is 13.2 Å². The van der Waals surface area contributed by atoms with Crippen molar-refractivity contribution in [1.82, 2.24) is 15.5 Å². The minimum Gasteiger partial charge on any atom is -0.376 e. The molecule has 1 amide bonds. The number of rotatable bonds is 4. The Morgan fingerprint density at radius 2 is 2.21 bits per heavy atom. The molecular formula is C15H14F3N3O3. The first-order chi connectivity index (χ1) is 11.4. The standard InChI is InChI=1S/C15H14F3N3O3/c16-15(17,18)9-1-4-19-10(7-9)2-5-20-14(22)13-11-8-23-6-3-12(11)24-21-13/h1,4,7H,2-3,5-6,8H2,(H,20,22). The van der Waals surface area contributed by atoms with Gasteiger partial charge in [-0.15, -0.1) is 0 Å². The number of ether oxygens (including phenoxy) is 1. The van der Waals surface area contributed by atoms with Gasteiger partial charge in [0.25, 0.3) is 5.91 Å². The number of fused-ring (bicyclic) bond motifs is 1. The van der Waals surface area contributed by atoms with Gasteiger partial charge in [-0.3, -0.25) is 9.78 Å². The van der Waals surface area contributed by atoms with E-state index in [4.69, 9.17) is 9.26 Å². The van der Waals surface area contributed by atoms with Crippen molar-refractivity contribution in [3.63, 3.8) is 0 Å².